The molecule has 0 spiro atoms. The third-order valence-electron chi connectivity index (χ3n) is 9.17. The van der Waals surface area contributed by atoms with Gasteiger partial charge in [0.1, 0.15) is 6.04 Å². The SMILES string of the molecule is COc1ccc2cc3[n+](cc2c1O)CCc1cc2c(cc1-3)OCO2.Nc1nc2ncc(CNc3ccc(C(=O)N[C@@H](CCC(=O)O)C(=O)O)cc3)nc2c(=O)[nH]1. The summed E-state index contributed by atoms with van der Waals surface area (Å²) in [6.45, 7) is 1.37. The molecule has 5 heterocycles. The number of fused-ring (bicyclic) bond motifs is 6. The molecule has 1 atom stereocenters. The largest absolute Gasteiger partial charge is 0.504 e. The summed E-state index contributed by atoms with van der Waals surface area (Å²) >= 11 is 0. The molecule has 2 aliphatic heterocycles. The Morgan fingerprint density at radius 3 is 2.55 bits per heavy atom. The lowest BCUT2D eigenvalue weighted by Crippen LogP contribution is -2.41. The number of carboxylic acid groups (broad SMARTS) is 2. The summed E-state index contributed by atoms with van der Waals surface area (Å²) in [6, 6.07) is 14.9. The van der Waals surface area contributed by atoms with Gasteiger partial charge in [0.05, 0.1) is 36.5 Å². The van der Waals surface area contributed by atoms with Crippen LogP contribution in [0.2, 0.25) is 0 Å². The van der Waals surface area contributed by atoms with E-state index in [1.165, 1.54) is 23.9 Å². The average molecular weight is 764 g/mol. The molecule has 6 aromatic rings. The number of nitrogens with one attached hydrogen (secondary N) is 3. The van der Waals surface area contributed by atoms with E-state index in [4.69, 9.17) is 30.2 Å². The zero-order valence-electron chi connectivity index (χ0n) is 29.7. The number of benzene rings is 3. The summed E-state index contributed by atoms with van der Waals surface area (Å²) in [5.41, 5.74) is 10.0. The number of phenolic OH excluding ortho intramolecular Hbond substituents is 1. The van der Waals surface area contributed by atoms with Crippen molar-refractivity contribution in [2.75, 3.05) is 25.0 Å². The quantitative estimate of drug-likeness (QED) is 0.0989. The number of nitrogens with zero attached hydrogens (tertiary/aromatic N) is 4. The number of aryl methyl sites for hydroxylation is 2. The van der Waals surface area contributed by atoms with Crippen molar-refractivity contribution in [1.82, 2.24) is 25.3 Å². The molecule has 0 radical (unpaired) electrons. The summed E-state index contributed by atoms with van der Waals surface area (Å²) in [5, 5.41) is 35.4. The Morgan fingerprint density at radius 2 is 1.82 bits per heavy atom. The molecule has 1 amide bonds. The standard InChI is InChI=1S/C19H19N7O6.C19H15NO4/c20-19-25-15-14(17(30)26-19)23-11(8-22-15)7-21-10-3-1-9(2-4-10)16(29)24-12(18(31)32)5-6-13(27)28;1-22-16-3-2-11-6-15-13-8-18-17(23-10-24-18)7-12(13)4-5-20(15)9-14(11)19(16)21/h1-4,8,12,21H,5-7H2,(H,24,29)(H,27,28)(H,31,32)(H3,20,22,25,26,30);2-3,6-9H,4-5,10H2,1H3/p+1/t12-;/m0./s1. The first-order valence-corrected chi connectivity index (χ1v) is 17.2. The Balaban J connectivity index is 0.000000178. The number of H-pyrrole nitrogens is 1. The number of phenols is 1. The number of hydrogen-bond donors (Lipinski definition) is 7. The molecule has 8 N–H and O–H groups in total. The number of carbonyl (C=O) groups excluding carboxylic acids is 1. The van der Waals surface area contributed by atoms with Gasteiger partial charge < -0.3 is 45.9 Å². The minimum absolute atomic E-state index is 0.0524. The number of aromatic nitrogens is 5. The monoisotopic (exact) mass is 763 g/mol. The Bertz CT molecular complexity index is 2580. The lowest BCUT2D eigenvalue weighted by Gasteiger charge is -2.16. The number of aromatic amines is 1. The van der Waals surface area contributed by atoms with Gasteiger partial charge in [-0.05, 0) is 65.9 Å². The van der Waals surface area contributed by atoms with Gasteiger partial charge in [-0.25, -0.2) is 14.8 Å². The Hall–Kier alpha value is -7.50. The predicted molar refractivity (Wildman–Crippen MR) is 200 cm³/mol. The van der Waals surface area contributed by atoms with Crippen LogP contribution in [0.3, 0.4) is 0 Å². The number of amides is 1. The third-order valence-corrected chi connectivity index (χ3v) is 9.17. The van der Waals surface area contributed by atoms with E-state index >= 15 is 0 Å². The van der Waals surface area contributed by atoms with Crippen LogP contribution in [0.1, 0.15) is 34.5 Å². The number of carbonyl (C=O) groups is 3. The molecule has 8 rings (SSSR count). The van der Waals surface area contributed by atoms with Crippen molar-refractivity contribution in [3.63, 3.8) is 0 Å². The molecule has 2 aliphatic rings. The number of aromatic hydroxyl groups is 1. The average Bonchev–Trinajstić information content (AvgIpc) is 3.65. The molecule has 0 saturated heterocycles. The van der Waals surface area contributed by atoms with Crippen LogP contribution in [0.5, 0.6) is 23.0 Å². The first-order valence-electron chi connectivity index (χ1n) is 17.2. The molecule has 3 aromatic carbocycles. The number of anilines is 2. The van der Waals surface area contributed by atoms with Crippen LogP contribution >= 0.6 is 0 Å². The van der Waals surface area contributed by atoms with E-state index in [0.29, 0.717) is 17.1 Å². The van der Waals surface area contributed by atoms with Crippen molar-refractivity contribution < 1.29 is 48.5 Å². The summed E-state index contributed by atoms with van der Waals surface area (Å²) in [7, 11) is 1.56. The van der Waals surface area contributed by atoms with Gasteiger partial charge in [0, 0.05) is 30.2 Å². The fourth-order valence-corrected chi connectivity index (χ4v) is 6.33. The Kier molecular flexibility index (Phi) is 10.2. The Morgan fingerprint density at radius 1 is 1.05 bits per heavy atom. The molecule has 18 heteroatoms. The molecule has 286 valence electrons. The van der Waals surface area contributed by atoms with E-state index in [0.717, 1.165) is 46.5 Å². The lowest BCUT2D eigenvalue weighted by atomic mass is 9.95. The van der Waals surface area contributed by atoms with Crippen LogP contribution in [0.15, 0.2) is 71.8 Å². The zero-order valence-corrected chi connectivity index (χ0v) is 29.7. The van der Waals surface area contributed by atoms with Crippen LogP contribution in [0.4, 0.5) is 11.6 Å². The van der Waals surface area contributed by atoms with Crippen LogP contribution in [0, 0.1) is 0 Å². The lowest BCUT2D eigenvalue weighted by molar-refractivity contribution is -0.686. The van der Waals surface area contributed by atoms with E-state index in [1.54, 1.807) is 25.3 Å². The van der Waals surface area contributed by atoms with Crippen LogP contribution < -0.4 is 40.7 Å². The number of aliphatic carboxylic acids is 2. The molecule has 0 unspecified atom stereocenters. The summed E-state index contributed by atoms with van der Waals surface area (Å²) in [6.07, 6.45) is 3.75. The summed E-state index contributed by atoms with van der Waals surface area (Å²) in [4.78, 5) is 60.6. The van der Waals surface area contributed by atoms with E-state index in [-0.39, 0.29) is 54.6 Å². The predicted octanol–water partition coefficient (Wildman–Crippen LogP) is 2.75. The van der Waals surface area contributed by atoms with E-state index in [2.05, 4.69) is 53.3 Å². The third kappa shape index (κ3) is 7.74. The van der Waals surface area contributed by atoms with Gasteiger partial charge in [0.15, 0.2) is 46.9 Å². The van der Waals surface area contributed by atoms with Gasteiger partial charge in [0.25, 0.3) is 11.5 Å². The molecular weight excluding hydrogens is 728 g/mol. The molecule has 0 bridgehead atoms. The van der Waals surface area contributed by atoms with E-state index in [1.807, 2.05) is 12.3 Å². The number of nitrogen functional groups attached to an aromatic ring is 1. The second-order valence-electron chi connectivity index (χ2n) is 12.8. The molecule has 3 aromatic heterocycles. The second-order valence-corrected chi connectivity index (χ2v) is 12.8. The highest BCUT2D eigenvalue weighted by Crippen LogP contribution is 2.41. The van der Waals surface area contributed by atoms with Gasteiger partial charge in [-0.1, -0.05) is 0 Å². The van der Waals surface area contributed by atoms with Gasteiger partial charge in [-0.15, -0.1) is 0 Å². The highest BCUT2D eigenvalue weighted by atomic mass is 16.7. The zero-order chi connectivity index (χ0) is 39.5. The van der Waals surface area contributed by atoms with Gasteiger partial charge >= 0.3 is 11.9 Å². The van der Waals surface area contributed by atoms with Crippen LogP contribution in [0.25, 0.3) is 33.2 Å². The van der Waals surface area contributed by atoms with Crippen molar-refractivity contribution in [2.45, 2.75) is 38.4 Å². The fraction of sp³-hybridized carbons (Fsp3) is 0.211. The highest BCUT2D eigenvalue weighted by molar-refractivity contribution is 5.97. The number of pyridine rings is 1. The number of methoxy groups -OCH3 is 1. The number of nitrogens with two attached hydrogens (primary N) is 1. The van der Waals surface area contributed by atoms with Gasteiger partial charge in [0.2, 0.25) is 18.4 Å². The topological polar surface area (TPSA) is 265 Å². The molecule has 18 nitrogen and oxygen atoms in total. The summed E-state index contributed by atoms with van der Waals surface area (Å²) < 4.78 is 18.4. The fourth-order valence-electron chi connectivity index (χ4n) is 6.33. The molecule has 0 saturated carbocycles. The van der Waals surface area contributed by atoms with Crippen molar-refractivity contribution in [3.05, 3.63) is 94.2 Å². The van der Waals surface area contributed by atoms with Crippen molar-refractivity contribution >= 4 is 51.4 Å². The van der Waals surface area contributed by atoms with E-state index in [9.17, 15) is 24.3 Å². The minimum atomic E-state index is -1.31. The number of ether oxygens (including phenoxy) is 3. The second kappa shape index (κ2) is 15.5. The molecule has 0 aliphatic carbocycles. The summed E-state index contributed by atoms with van der Waals surface area (Å²) in [5.74, 6) is -0.869. The maximum absolute atomic E-state index is 12.3. The maximum atomic E-state index is 12.3. The smallest absolute Gasteiger partial charge is 0.326 e. The maximum Gasteiger partial charge on any atom is 0.326 e. The Labute approximate surface area is 316 Å². The van der Waals surface area contributed by atoms with Crippen molar-refractivity contribution in [1.29, 1.82) is 0 Å². The van der Waals surface area contributed by atoms with Crippen molar-refractivity contribution in [3.8, 4) is 34.3 Å². The molecular formula is C38H35N8O10+. The molecule has 0 fully saturated rings. The number of hydrogen-bond acceptors (Lipinski definition) is 13. The van der Waals surface area contributed by atoms with Crippen LogP contribution in [-0.4, -0.2) is 73.0 Å². The first kappa shape index (κ1) is 36.8. The molecule has 56 heavy (non-hydrogen) atoms. The minimum Gasteiger partial charge on any atom is -0.504 e. The first-order chi connectivity index (χ1) is 27.0. The van der Waals surface area contributed by atoms with Gasteiger partial charge in [-0.2, -0.15) is 9.55 Å². The van der Waals surface area contributed by atoms with E-state index < -0.39 is 29.4 Å². The normalized spacial score (nSPS) is 12.8. The van der Waals surface area contributed by atoms with Crippen LogP contribution in [-0.2, 0) is 29.1 Å². The number of carboxylic acids is 2. The highest BCUT2D eigenvalue weighted by Gasteiger charge is 2.28. The number of rotatable bonds is 10. The van der Waals surface area contributed by atoms with Crippen molar-refractivity contribution in [2.24, 2.45) is 0 Å². The van der Waals surface area contributed by atoms with Gasteiger partial charge in [-0.3, -0.25) is 19.4 Å².